The average molecular weight is 569 g/mol. The Bertz CT molecular complexity index is 1710. The second-order valence-electron chi connectivity index (χ2n) is 11.1. The van der Waals surface area contributed by atoms with Gasteiger partial charge in [0.1, 0.15) is 5.75 Å². The van der Waals surface area contributed by atoms with E-state index in [9.17, 15) is 18.0 Å². The smallest absolute Gasteiger partial charge is 0.267 e. The number of ketones is 1. The standard InChI is InChI=1S/C33H32N2O5S/c1-22-12-18-27(19-13-22)41(38,39)35-21-30(40-29-11-6-5-10-28(29)35)32(37)34-26-9-7-8-24(20-26)31(36)23-14-16-25(17-15-23)33(2,3)4/h5-20,30H,21H2,1-4H3,(H,34,37)/t30-/m1/s1. The van der Waals surface area contributed by atoms with Gasteiger partial charge in [0.05, 0.1) is 17.1 Å². The highest BCUT2D eigenvalue weighted by atomic mass is 32.2. The molecule has 210 valence electrons. The number of nitrogens with one attached hydrogen (secondary N) is 1. The number of fused-ring (bicyclic) bond motifs is 1. The third-order valence-electron chi connectivity index (χ3n) is 7.04. The predicted octanol–water partition coefficient (Wildman–Crippen LogP) is 6.12. The number of hydrogen-bond donors (Lipinski definition) is 1. The topological polar surface area (TPSA) is 92.8 Å². The lowest BCUT2D eigenvalue weighted by Gasteiger charge is -2.34. The largest absolute Gasteiger partial charge is 0.476 e. The van der Waals surface area contributed by atoms with Gasteiger partial charge >= 0.3 is 0 Å². The summed E-state index contributed by atoms with van der Waals surface area (Å²) < 4.78 is 34.4. The number of ether oxygens (including phenoxy) is 1. The first-order valence-corrected chi connectivity index (χ1v) is 14.8. The number of amides is 1. The van der Waals surface area contributed by atoms with Gasteiger partial charge in [0.15, 0.2) is 11.9 Å². The molecule has 0 saturated carbocycles. The number of rotatable bonds is 6. The lowest BCUT2D eigenvalue weighted by molar-refractivity contribution is -0.122. The summed E-state index contributed by atoms with van der Waals surface area (Å²) in [6, 6.07) is 27.5. The fraction of sp³-hybridized carbons (Fsp3) is 0.212. The maximum absolute atomic E-state index is 13.6. The Balaban J connectivity index is 1.37. The highest BCUT2D eigenvalue weighted by Crippen LogP contribution is 2.37. The minimum atomic E-state index is -3.96. The minimum Gasteiger partial charge on any atom is -0.476 e. The molecule has 0 unspecified atom stereocenters. The van der Waals surface area contributed by atoms with E-state index in [1.54, 1.807) is 72.8 Å². The Hall–Kier alpha value is -4.43. The maximum atomic E-state index is 13.6. The Morgan fingerprint density at radius 3 is 2.22 bits per heavy atom. The molecule has 0 spiro atoms. The van der Waals surface area contributed by atoms with Crippen molar-refractivity contribution in [1.29, 1.82) is 0 Å². The van der Waals surface area contributed by atoms with Crippen LogP contribution in [-0.2, 0) is 20.2 Å². The van der Waals surface area contributed by atoms with Gasteiger partial charge in [-0.2, -0.15) is 0 Å². The van der Waals surface area contributed by atoms with Crippen LogP contribution in [0.2, 0.25) is 0 Å². The third-order valence-corrected chi connectivity index (χ3v) is 8.84. The van der Waals surface area contributed by atoms with Crippen LogP contribution >= 0.6 is 0 Å². The van der Waals surface area contributed by atoms with Crippen LogP contribution in [0, 0.1) is 6.92 Å². The van der Waals surface area contributed by atoms with Crippen molar-refractivity contribution in [3.8, 4) is 5.75 Å². The number of hydrogen-bond acceptors (Lipinski definition) is 5. The number of nitrogens with zero attached hydrogens (tertiary/aromatic N) is 1. The van der Waals surface area contributed by atoms with Gasteiger partial charge in [0.25, 0.3) is 15.9 Å². The van der Waals surface area contributed by atoms with Crippen LogP contribution in [0.4, 0.5) is 11.4 Å². The highest BCUT2D eigenvalue weighted by molar-refractivity contribution is 7.92. The molecule has 0 fully saturated rings. The number of benzene rings is 4. The van der Waals surface area contributed by atoms with Crippen molar-refractivity contribution in [2.75, 3.05) is 16.2 Å². The van der Waals surface area contributed by atoms with Gasteiger partial charge in [0, 0.05) is 16.8 Å². The molecule has 0 bridgehead atoms. The molecule has 1 amide bonds. The lowest BCUT2D eigenvalue weighted by atomic mass is 9.86. The van der Waals surface area contributed by atoms with Gasteiger partial charge in [-0.05, 0) is 54.3 Å². The molecule has 1 aliphatic rings. The molecule has 1 atom stereocenters. The van der Waals surface area contributed by atoms with E-state index in [0.717, 1.165) is 11.1 Å². The molecule has 1 N–H and O–H groups in total. The molecule has 8 heteroatoms. The number of anilines is 2. The SMILES string of the molecule is Cc1ccc(S(=O)(=O)N2C[C@H](C(=O)Nc3cccc(C(=O)c4ccc(C(C)(C)C)cc4)c3)Oc3ccccc32)cc1. The second kappa shape index (κ2) is 10.9. The fourth-order valence-electron chi connectivity index (χ4n) is 4.65. The fourth-order valence-corrected chi connectivity index (χ4v) is 6.13. The molecule has 41 heavy (non-hydrogen) atoms. The van der Waals surface area contributed by atoms with Crippen molar-refractivity contribution in [3.63, 3.8) is 0 Å². The number of carbonyl (C=O) groups excluding carboxylic acids is 2. The van der Waals surface area contributed by atoms with Crippen molar-refractivity contribution in [1.82, 2.24) is 0 Å². The number of carbonyl (C=O) groups is 2. The quantitative estimate of drug-likeness (QED) is 0.283. The van der Waals surface area contributed by atoms with Gasteiger partial charge in [0.2, 0.25) is 0 Å². The zero-order chi connectivity index (χ0) is 29.4. The van der Waals surface area contributed by atoms with E-state index in [1.807, 2.05) is 31.2 Å². The zero-order valence-corrected chi connectivity index (χ0v) is 24.2. The van der Waals surface area contributed by atoms with Gasteiger partial charge in [-0.1, -0.05) is 87.0 Å². The molecule has 0 radical (unpaired) electrons. The van der Waals surface area contributed by atoms with Crippen LogP contribution in [0.5, 0.6) is 5.75 Å². The highest BCUT2D eigenvalue weighted by Gasteiger charge is 2.37. The summed E-state index contributed by atoms with van der Waals surface area (Å²) in [6.45, 7) is 8.01. The summed E-state index contributed by atoms with van der Waals surface area (Å²) in [5.41, 5.74) is 3.77. The summed E-state index contributed by atoms with van der Waals surface area (Å²) in [4.78, 5) is 26.7. The summed E-state index contributed by atoms with van der Waals surface area (Å²) in [6.07, 6.45) is -1.12. The zero-order valence-electron chi connectivity index (χ0n) is 23.4. The second-order valence-corrected chi connectivity index (χ2v) is 13.0. The van der Waals surface area contributed by atoms with E-state index in [0.29, 0.717) is 22.5 Å². The summed E-state index contributed by atoms with van der Waals surface area (Å²) >= 11 is 0. The number of aryl methyl sites for hydroxylation is 1. The minimum absolute atomic E-state index is 0.0253. The first-order valence-electron chi connectivity index (χ1n) is 13.3. The molecule has 1 aliphatic heterocycles. The molecule has 0 saturated heterocycles. The van der Waals surface area contributed by atoms with Crippen LogP contribution in [0.25, 0.3) is 0 Å². The molecule has 0 aliphatic carbocycles. The van der Waals surface area contributed by atoms with Crippen LogP contribution < -0.4 is 14.4 Å². The Kier molecular flexibility index (Phi) is 7.44. The average Bonchev–Trinajstić information content (AvgIpc) is 2.96. The van der Waals surface area contributed by atoms with E-state index in [-0.39, 0.29) is 28.4 Å². The van der Waals surface area contributed by atoms with Gasteiger partial charge in [-0.3, -0.25) is 13.9 Å². The molecule has 4 aromatic rings. The molecule has 0 aromatic heterocycles. The first kappa shape index (κ1) is 28.1. The van der Waals surface area contributed by atoms with Crippen LogP contribution in [0.1, 0.15) is 47.8 Å². The van der Waals surface area contributed by atoms with Crippen molar-refractivity contribution >= 4 is 33.1 Å². The molecule has 5 rings (SSSR count). The van der Waals surface area contributed by atoms with Gasteiger partial charge in [-0.25, -0.2) is 8.42 Å². The molecular formula is C33H32N2O5S. The first-order chi connectivity index (χ1) is 19.4. The van der Waals surface area contributed by atoms with Crippen LogP contribution in [-0.4, -0.2) is 32.8 Å². The molecule has 4 aromatic carbocycles. The van der Waals surface area contributed by atoms with E-state index >= 15 is 0 Å². The van der Waals surface area contributed by atoms with Crippen molar-refractivity contribution in [3.05, 3.63) is 119 Å². The van der Waals surface area contributed by atoms with Crippen LogP contribution in [0.15, 0.2) is 102 Å². The van der Waals surface area contributed by atoms with Crippen molar-refractivity contribution in [2.24, 2.45) is 0 Å². The predicted molar refractivity (Wildman–Crippen MR) is 160 cm³/mol. The van der Waals surface area contributed by atoms with Crippen LogP contribution in [0.3, 0.4) is 0 Å². The van der Waals surface area contributed by atoms with Crippen molar-refractivity contribution < 1.29 is 22.7 Å². The van der Waals surface area contributed by atoms with E-state index < -0.39 is 22.0 Å². The molecule has 7 nitrogen and oxygen atoms in total. The molecular weight excluding hydrogens is 536 g/mol. The maximum Gasteiger partial charge on any atom is 0.267 e. The summed E-state index contributed by atoms with van der Waals surface area (Å²) in [5.74, 6) is -0.403. The van der Waals surface area contributed by atoms with Gasteiger partial charge in [-0.15, -0.1) is 0 Å². The number of sulfonamides is 1. The van der Waals surface area contributed by atoms with E-state index in [2.05, 4.69) is 26.1 Å². The van der Waals surface area contributed by atoms with Gasteiger partial charge < -0.3 is 10.1 Å². The monoisotopic (exact) mass is 568 g/mol. The number of para-hydroxylation sites is 2. The van der Waals surface area contributed by atoms with Crippen molar-refractivity contribution in [2.45, 2.75) is 44.1 Å². The van der Waals surface area contributed by atoms with E-state index in [1.165, 1.54) is 4.31 Å². The normalized spacial score (nSPS) is 15.0. The third kappa shape index (κ3) is 5.88. The molecule has 1 heterocycles. The lowest BCUT2D eigenvalue weighted by Crippen LogP contribution is -2.48. The summed E-state index contributed by atoms with van der Waals surface area (Å²) in [7, 11) is -3.96. The Labute approximate surface area is 240 Å². The summed E-state index contributed by atoms with van der Waals surface area (Å²) in [5, 5.41) is 2.80. The Morgan fingerprint density at radius 2 is 1.54 bits per heavy atom. The Morgan fingerprint density at radius 1 is 0.854 bits per heavy atom. The van der Waals surface area contributed by atoms with E-state index in [4.69, 9.17) is 4.74 Å².